The molecule has 1 atom stereocenters. The molecule has 0 spiro atoms. The van der Waals surface area contributed by atoms with Gasteiger partial charge in [0.2, 0.25) is 0 Å². The maximum Gasteiger partial charge on any atom is 0.417 e. The Morgan fingerprint density at radius 1 is 1.16 bits per heavy atom. The van der Waals surface area contributed by atoms with E-state index in [4.69, 9.17) is 0 Å². The highest BCUT2D eigenvalue weighted by atomic mass is 19.4. The second-order valence-corrected chi connectivity index (χ2v) is 8.06. The van der Waals surface area contributed by atoms with Gasteiger partial charge in [-0.25, -0.2) is 4.98 Å². The van der Waals surface area contributed by atoms with Crippen LogP contribution < -0.4 is 5.32 Å². The first-order valence-corrected chi connectivity index (χ1v) is 10.1. The maximum atomic E-state index is 13.4. The molecule has 1 amide bonds. The van der Waals surface area contributed by atoms with Crippen LogP contribution in [0.2, 0.25) is 0 Å². The zero-order valence-corrected chi connectivity index (χ0v) is 17.5. The minimum Gasteiger partial charge on any atom is -0.364 e. The molecule has 0 radical (unpaired) electrons. The number of hydrogen-bond donors (Lipinski definition) is 1. The van der Waals surface area contributed by atoms with Gasteiger partial charge in [-0.15, -0.1) is 0 Å². The first-order valence-electron chi connectivity index (χ1n) is 10.1. The van der Waals surface area contributed by atoms with E-state index in [1.807, 2.05) is 26.0 Å². The van der Waals surface area contributed by atoms with Crippen LogP contribution >= 0.6 is 0 Å². The third-order valence-corrected chi connectivity index (χ3v) is 5.78. The Morgan fingerprint density at radius 2 is 1.94 bits per heavy atom. The van der Waals surface area contributed by atoms with Gasteiger partial charge in [0.25, 0.3) is 5.91 Å². The van der Waals surface area contributed by atoms with Gasteiger partial charge in [0.1, 0.15) is 5.82 Å². The zero-order valence-electron chi connectivity index (χ0n) is 17.5. The Balaban J connectivity index is 1.52. The number of hydrogen-bond acceptors (Lipinski definition) is 4. The standard InChI is InChI=1S/C23H23F3N4O/c1-13-4-6-18(23(24,25)26)17(10-13)22(31)30-9-8-16(12-30)28-20-11-27-19-7-5-14(2)15(3)21(19)29-20/h4-7,10-11,16H,8-9,12H2,1-3H3,(H,28,29)/t16-/m1/s1. The number of benzene rings is 2. The van der Waals surface area contributed by atoms with Crippen LogP contribution in [0.25, 0.3) is 11.0 Å². The Labute approximate surface area is 178 Å². The van der Waals surface area contributed by atoms with Crippen LogP contribution in [0.1, 0.15) is 39.0 Å². The van der Waals surface area contributed by atoms with Crippen molar-refractivity contribution < 1.29 is 18.0 Å². The van der Waals surface area contributed by atoms with E-state index in [0.717, 1.165) is 28.2 Å². The molecule has 2 heterocycles. The van der Waals surface area contributed by atoms with Crippen molar-refractivity contribution in [3.8, 4) is 0 Å². The number of nitrogens with zero attached hydrogens (tertiary/aromatic N) is 3. The molecule has 4 rings (SSSR count). The minimum atomic E-state index is -4.58. The van der Waals surface area contributed by atoms with Crippen molar-refractivity contribution >= 4 is 22.8 Å². The summed E-state index contributed by atoms with van der Waals surface area (Å²) in [5.41, 5.74) is 3.20. The quantitative estimate of drug-likeness (QED) is 0.645. The lowest BCUT2D eigenvalue weighted by molar-refractivity contribution is -0.138. The summed E-state index contributed by atoms with van der Waals surface area (Å²) < 4.78 is 40.1. The van der Waals surface area contributed by atoms with Gasteiger partial charge in [0, 0.05) is 19.1 Å². The molecular weight excluding hydrogens is 405 g/mol. The van der Waals surface area contributed by atoms with E-state index in [2.05, 4.69) is 15.3 Å². The van der Waals surface area contributed by atoms with E-state index in [-0.39, 0.29) is 11.6 Å². The van der Waals surface area contributed by atoms with Crippen molar-refractivity contribution in [3.63, 3.8) is 0 Å². The summed E-state index contributed by atoms with van der Waals surface area (Å²) in [4.78, 5) is 23.5. The van der Waals surface area contributed by atoms with E-state index in [9.17, 15) is 18.0 Å². The SMILES string of the molecule is Cc1ccc(C(F)(F)F)c(C(=O)N2CC[C@@H](Nc3cnc4ccc(C)c(C)c4n3)C2)c1. The molecule has 2 aromatic carbocycles. The third kappa shape index (κ3) is 4.19. The van der Waals surface area contributed by atoms with Gasteiger partial charge in [-0.2, -0.15) is 13.2 Å². The predicted octanol–water partition coefficient (Wildman–Crippen LogP) is 4.90. The molecular formula is C23H23F3N4O. The van der Waals surface area contributed by atoms with Gasteiger partial charge in [0.05, 0.1) is 28.4 Å². The molecule has 5 nitrogen and oxygen atoms in total. The van der Waals surface area contributed by atoms with Crippen molar-refractivity contribution in [3.05, 3.63) is 64.3 Å². The predicted molar refractivity (Wildman–Crippen MR) is 113 cm³/mol. The molecule has 0 saturated carbocycles. The number of amides is 1. The van der Waals surface area contributed by atoms with Gasteiger partial charge in [-0.05, 0) is 56.5 Å². The summed E-state index contributed by atoms with van der Waals surface area (Å²) in [6.07, 6.45) is -2.32. The summed E-state index contributed by atoms with van der Waals surface area (Å²) in [5.74, 6) is -0.0107. The van der Waals surface area contributed by atoms with Crippen molar-refractivity contribution in [2.45, 2.75) is 39.4 Å². The lowest BCUT2D eigenvalue weighted by atomic mass is 10.0. The average Bonchev–Trinajstić information content (AvgIpc) is 3.18. The van der Waals surface area contributed by atoms with Crippen molar-refractivity contribution in [1.82, 2.24) is 14.9 Å². The van der Waals surface area contributed by atoms with Gasteiger partial charge in [-0.1, -0.05) is 17.7 Å². The molecule has 31 heavy (non-hydrogen) atoms. The third-order valence-electron chi connectivity index (χ3n) is 5.78. The Bertz CT molecular complexity index is 1160. The van der Waals surface area contributed by atoms with Crippen LogP contribution in [-0.4, -0.2) is 39.9 Å². The zero-order chi connectivity index (χ0) is 22.3. The van der Waals surface area contributed by atoms with Crippen LogP contribution in [0.15, 0.2) is 36.5 Å². The molecule has 1 N–H and O–H groups in total. The molecule has 0 bridgehead atoms. The molecule has 1 aliphatic heterocycles. The number of alkyl halides is 3. The molecule has 162 valence electrons. The van der Waals surface area contributed by atoms with Gasteiger partial charge >= 0.3 is 6.18 Å². The van der Waals surface area contributed by atoms with E-state index in [1.165, 1.54) is 17.0 Å². The molecule has 1 aromatic heterocycles. The minimum absolute atomic E-state index is 0.111. The number of anilines is 1. The number of carbonyl (C=O) groups is 1. The number of aromatic nitrogens is 2. The fourth-order valence-electron chi connectivity index (χ4n) is 3.91. The van der Waals surface area contributed by atoms with E-state index in [1.54, 1.807) is 13.1 Å². The summed E-state index contributed by atoms with van der Waals surface area (Å²) in [5, 5.41) is 3.28. The lowest BCUT2D eigenvalue weighted by Crippen LogP contribution is -2.33. The van der Waals surface area contributed by atoms with Crippen LogP contribution in [-0.2, 0) is 6.18 Å². The van der Waals surface area contributed by atoms with Crippen molar-refractivity contribution in [2.24, 2.45) is 0 Å². The van der Waals surface area contributed by atoms with Gasteiger partial charge < -0.3 is 10.2 Å². The normalized spacial score (nSPS) is 16.7. The highest BCUT2D eigenvalue weighted by Gasteiger charge is 2.37. The first kappa shape index (κ1) is 21.1. The summed E-state index contributed by atoms with van der Waals surface area (Å²) in [6.45, 7) is 6.36. The van der Waals surface area contributed by atoms with Crippen molar-refractivity contribution in [2.75, 3.05) is 18.4 Å². The molecule has 1 saturated heterocycles. The number of carbonyl (C=O) groups excluding carboxylic acids is 1. The van der Waals surface area contributed by atoms with Gasteiger partial charge in [-0.3, -0.25) is 9.78 Å². The second-order valence-electron chi connectivity index (χ2n) is 8.06. The fraction of sp³-hybridized carbons (Fsp3) is 0.348. The topological polar surface area (TPSA) is 58.1 Å². The summed E-state index contributed by atoms with van der Waals surface area (Å²) in [6, 6.07) is 7.47. The Morgan fingerprint density at radius 3 is 2.68 bits per heavy atom. The Kier molecular flexibility index (Phi) is 5.33. The van der Waals surface area contributed by atoms with Crippen LogP contribution in [0, 0.1) is 20.8 Å². The van der Waals surface area contributed by atoms with Crippen LogP contribution in [0.5, 0.6) is 0 Å². The first-order chi connectivity index (χ1) is 14.6. The lowest BCUT2D eigenvalue weighted by Gasteiger charge is -2.20. The number of rotatable bonds is 3. The number of fused-ring (bicyclic) bond motifs is 1. The molecule has 3 aromatic rings. The highest BCUT2D eigenvalue weighted by Crippen LogP contribution is 2.33. The smallest absolute Gasteiger partial charge is 0.364 e. The molecule has 8 heteroatoms. The van der Waals surface area contributed by atoms with Crippen LogP contribution in [0.3, 0.4) is 0 Å². The Hall–Kier alpha value is -3.16. The fourth-order valence-corrected chi connectivity index (χ4v) is 3.91. The molecule has 1 aliphatic rings. The molecule has 1 fully saturated rings. The highest BCUT2D eigenvalue weighted by molar-refractivity contribution is 5.96. The number of likely N-dealkylation sites (tertiary alicyclic amines) is 1. The maximum absolute atomic E-state index is 13.4. The number of nitrogens with one attached hydrogen (secondary N) is 1. The number of halogens is 3. The summed E-state index contributed by atoms with van der Waals surface area (Å²) >= 11 is 0. The van der Waals surface area contributed by atoms with Gasteiger partial charge in [0.15, 0.2) is 0 Å². The van der Waals surface area contributed by atoms with E-state index >= 15 is 0 Å². The van der Waals surface area contributed by atoms with E-state index in [0.29, 0.717) is 30.9 Å². The molecule has 0 aliphatic carbocycles. The number of aryl methyl sites for hydroxylation is 3. The summed E-state index contributed by atoms with van der Waals surface area (Å²) in [7, 11) is 0. The van der Waals surface area contributed by atoms with E-state index < -0.39 is 17.6 Å². The van der Waals surface area contributed by atoms with Crippen molar-refractivity contribution in [1.29, 1.82) is 0 Å². The molecule has 0 unspecified atom stereocenters. The largest absolute Gasteiger partial charge is 0.417 e. The second kappa shape index (κ2) is 7.83. The monoisotopic (exact) mass is 428 g/mol. The average molecular weight is 428 g/mol. The van der Waals surface area contributed by atoms with Crippen LogP contribution in [0.4, 0.5) is 19.0 Å².